The van der Waals surface area contributed by atoms with Crippen LogP contribution >= 0.6 is 0 Å². The SMILES string of the molecule is CCOC(=O)c1ccccc1NC(=O)CN1C[C@@H](C(=O)N2CCCCC2)Oc2ccccc21. The van der Waals surface area contributed by atoms with Crippen LogP contribution in [0.15, 0.2) is 48.5 Å². The smallest absolute Gasteiger partial charge is 0.340 e. The lowest BCUT2D eigenvalue weighted by atomic mass is 10.1. The van der Waals surface area contributed by atoms with E-state index < -0.39 is 12.1 Å². The molecule has 2 aliphatic rings. The number of esters is 1. The summed E-state index contributed by atoms with van der Waals surface area (Å²) in [6.07, 6.45) is 2.47. The lowest BCUT2D eigenvalue weighted by Gasteiger charge is -2.38. The van der Waals surface area contributed by atoms with Crippen molar-refractivity contribution in [3.63, 3.8) is 0 Å². The molecular formula is C25H29N3O5. The summed E-state index contributed by atoms with van der Waals surface area (Å²) < 4.78 is 11.1. The summed E-state index contributed by atoms with van der Waals surface area (Å²) in [5.41, 5.74) is 1.45. The highest BCUT2D eigenvalue weighted by atomic mass is 16.5. The van der Waals surface area contributed by atoms with Crippen molar-refractivity contribution >= 4 is 29.2 Å². The topological polar surface area (TPSA) is 88.2 Å². The molecule has 33 heavy (non-hydrogen) atoms. The minimum absolute atomic E-state index is 0.0152. The Hall–Kier alpha value is -3.55. The van der Waals surface area contributed by atoms with Crippen molar-refractivity contribution in [1.82, 2.24) is 4.90 Å². The average molecular weight is 452 g/mol. The molecule has 0 unspecified atom stereocenters. The van der Waals surface area contributed by atoms with Crippen molar-refractivity contribution in [3.05, 3.63) is 54.1 Å². The number of fused-ring (bicyclic) bond motifs is 1. The van der Waals surface area contributed by atoms with Gasteiger partial charge in [0.2, 0.25) is 5.91 Å². The third-order valence-electron chi connectivity index (χ3n) is 5.84. The number of carbonyl (C=O) groups excluding carboxylic acids is 3. The molecule has 0 bridgehead atoms. The van der Waals surface area contributed by atoms with E-state index in [9.17, 15) is 14.4 Å². The van der Waals surface area contributed by atoms with E-state index in [-0.39, 0.29) is 31.5 Å². The number of nitrogens with zero attached hydrogens (tertiary/aromatic N) is 2. The number of ether oxygens (including phenoxy) is 2. The summed E-state index contributed by atoms with van der Waals surface area (Å²) in [5.74, 6) is -0.244. The van der Waals surface area contributed by atoms with Crippen molar-refractivity contribution in [2.24, 2.45) is 0 Å². The van der Waals surface area contributed by atoms with Crippen LogP contribution < -0.4 is 15.0 Å². The molecule has 1 saturated heterocycles. The summed E-state index contributed by atoms with van der Waals surface area (Å²) >= 11 is 0. The van der Waals surface area contributed by atoms with Crippen LogP contribution in [-0.2, 0) is 14.3 Å². The Kier molecular flexibility index (Phi) is 7.12. The van der Waals surface area contributed by atoms with E-state index in [0.717, 1.165) is 38.0 Å². The number of amides is 2. The van der Waals surface area contributed by atoms with Gasteiger partial charge in [0.15, 0.2) is 6.10 Å². The van der Waals surface area contributed by atoms with E-state index in [2.05, 4.69) is 5.32 Å². The largest absolute Gasteiger partial charge is 0.477 e. The maximum absolute atomic E-state index is 13.1. The van der Waals surface area contributed by atoms with Gasteiger partial charge in [-0.1, -0.05) is 24.3 Å². The molecule has 1 fully saturated rings. The molecule has 0 spiro atoms. The number of rotatable bonds is 6. The summed E-state index contributed by atoms with van der Waals surface area (Å²) in [5, 5.41) is 2.82. The molecule has 0 saturated carbocycles. The number of benzene rings is 2. The normalized spacial score (nSPS) is 17.5. The zero-order chi connectivity index (χ0) is 23.2. The van der Waals surface area contributed by atoms with E-state index in [1.165, 1.54) is 0 Å². The first-order valence-corrected chi connectivity index (χ1v) is 11.4. The van der Waals surface area contributed by atoms with Gasteiger partial charge in [-0.25, -0.2) is 4.79 Å². The van der Waals surface area contributed by atoms with E-state index in [0.29, 0.717) is 17.0 Å². The van der Waals surface area contributed by atoms with Gasteiger partial charge in [-0.05, 0) is 50.5 Å². The Balaban J connectivity index is 1.49. The highest BCUT2D eigenvalue weighted by molar-refractivity contribution is 6.02. The first-order chi connectivity index (χ1) is 16.1. The van der Waals surface area contributed by atoms with Gasteiger partial charge >= 0.3 is 5.97 Å². The number of carbonyl (C=O) groups is 3. The molecule has 0 aliphatic carbocycles. The number of para-hydroxylation sites is 3. The fraction of sp³-hybridized carbons (Fsp3) is 0.400. The second kappa shape index (κ2) is 10.4. The second-order valence-electron chi connectivity index (χ2n) is 8.15. The molecular weight excluding hydrogens is 422 g/mol. The van der Waals surface area contributed by atoms with Gasteiger partial charge in [-0.15, -0.1) is 0 Å². The standard InChI is InChI=1S/C25H29N3O5/c1-2-32-25(31)18-10-4-5-11-19(18)26-23(29)17-28-16-22(24(30)27-14-8-3-9-15-27)33-21-13-7-6-12-20(21)28/h4-7,10-13,22H,2-3,8-9,14-17H2,1H3,(H,26,29)/t22-/m0/s1. The quantitative estimate of drug-likeness (QED) is 0.679. The summed E-state index contributed by atoms with van der Waals surface area (Å²) in [7, 11) is 0. The Morgan fingerprint density at radius 2 is 1.76 bits per heavy atom. The van der Waals surface area contributed by atoms with Crippen molar-refractivity contribution < 1.29 is 23.9 Å². The molecule has 8 nitrogen and oxygen atoms in total. The van der Waals surface area contributed by atoms with Crippen LogP contribution in [-0.4, -0.2) is 61.6 Å². The van der Waals surface area contributed by atoms with Gasteiger partial charge in [0.25, 0.3) is 5.91 Å². The van der Waals surface area contributed by atoms with Gasteiger partial charge in [0.1, 0.15) is 5.75 Å². The molecule has 2 heterocycles. The van der Waals surface area contributed by atoms with Crippen LogP contribution in [0.1, 0.15) is 36.5 Å². The van der Waals surface area contributed by atoms with Gasteiger partial charge in [-0.2, -0.15) is 0 Å². The van der Waals surface area contributed by atoms with Crippen molar-refractivity contribution in [3.8, 4) is 5.75 Å². The maximum atomic E-state index is 13.1. The number of likely N-dealkylation sites (tertiary alicyclic amines) is 1. The molecule has 2 aliphatic heterocycles. The minimum atomic E-state index is -0.669. The molecule has 2 amide bonds. The average Bonchev–Trinajstić information content (AvgIpc) is 2.84. The summed E-state index contributed by atoms with van der Waals surface area (Å²) in [6.45, 7) is 3.76. The number of hydrogen-bond donors (Lipinski definition) is 1. The first-order valence-electron chi connectivity index (χ1n) is 11.4. The van der Waals surface area contributed by atoms with Gasteiger partial charge in [0, 0.05) is 13.1 Å². The third kappa shape index (κ3) is 5.27. The number of nitrogens with one attached hydrogen (secondary N) is 1. The fourth-order valence-electron chi connectivity index (χ4n) is 4.25. The van der Waals surface area contributed by atoms with Crippen LogP contribution in [0.2, 0.25) is 0 Å². The highest BCUT2D eigenvalue weighted by Gasteiger charge is 2.34. The molecule has 2 aromatic carbocycles. The molecule has 0 radical (unpaired) electrons. The fourth-order valence-corrected chi connectivity index (χ4v) is 4.25. The van der Waals surface area contributed by atoms with E-state index >= 15 is 0 Å². The third-order valence-corrected chi connectivity index (χ3v) is 5.84. The lowest BCUT2D eigenvalue weighted by Crippen LogP contribution is -2.52. The maximum Gasteiger partial charge on any atom is 0.340 e. The molecule has 8 heteroatoms. The van der Waals surface area contributed by atoms with Crippen molar-refractivity contribution in [2.45, 2.75) is 32.3 Å². The van der Waals surface area contributed by atoms with E-state index in [4.69, 9.17) is 9.47 Å². The van der Waals surface area contributed by atoms with Crippen LogP contribution in [0.4, 0.5) is 11.4 Å². The monoisotopic (exact) mass is 451 g/mol. The van der Waals surface area contributed by atoms with Crippen LogP contribution in [0.3, 0.4) is 0 Å². The zero-order valence-electron chi connectivity index (χ0n) is 18.8. The number of hydrogen-bond acceptors (Lipinski definition) is 6. The first kappa shape index (κ1) is 22.6. The molecule has 4 rings (SSSR count). The zero-order valence-corrected chi connectivity index (χ0v) is 18.8. The Morgan fingerprint density at radius 3 is 2.55 bits per heavy atom. The van der Waals surface area contributed by atoms with Crippen LogP contribution in [0, 0.1) is 0 Å². The number of piperidine rings is 1. The summed E-state index contributed by atoms with van der Waals surface area (Å²) in [6, 6.07) is 14.1. The summed E-state index contributed by atoms with van der Waals surface area (Å²) in [4.78, 5) is 42.0. The van der Waals surface area contributed by atoms with Gasteiger partial charge in [-0.3, -0.25) is 9.59 Å². The molecule has 1 atom stereocenters. The van der Waals surface area contributed by atoms with Crippen molar-refractivity contribution in [2.75, 3.05) is 43.0 Å². The predicted octanol–water partition coefficient (Wildman–Crippen LogP) is 3.08. The molecule has 1 N–H and O–H groups in total. The minimum Gasteiger partial charge on any atom is -0.477 e. The molecule has 0 aromatic heterocycles. The molecule has 2 aromatic rings. The second-order valence-corrected chi connectivity index (χ2v) is 8.15. The Labute approximate surface area is 193 Å². The van der Waals surface area contributed by atoms with E-state index in [1.807, 2.05) is 34.1 Å². The lowest BCUT2D eigenvalue weighted by molar-refractivity contribution is -0.139. The Bertz CT molecular complexity index is 1020. The Morgan fingerprint density at radius 1 is 1.03 bits per heavy atom. The molecule has 174 valence electrons. The van der Waals surface area contributed by atoms with Gasteiger partial charge < -0.3 is 24.6 Å². The van der Waals surface area contributed by atoms with E-state index in [1.54, 1.807) is 31.2 Å². The predicted molar refractivity (Wildman–Crippen MR) is 125 cm³/mol. The van der Waals surface area contributed by atoms with Gasteiger partial charge in [0.05, 0.1) is 36.6 Å². The highest BCUT2D eigenvalue weighted by Crippen LogP contribution is 2.33. The number of anilines is 2. The van der Waals surface area contributed by atoms with Crippen LogP contribution in [0.25, 0.3) is 0 Å². The van der Waals surface area contributed by atoms with Crippen LogP contribution in [0.5, 0.6) is 5.75 Å². The van der Waals surface area contributed by atoms with Crippen molar-refractivity contribution in [1.29, 1.82) is 0 Å².